The van der Waals surface area contributed by atoms with Gasteiger partial charge in [-0.3, -0.25) is 4.99 Å². The molecule has 6 nitrogen and oxygen atoms in total. The van der Waals surface area contributed by atoms with Gasteiger partial charge in [-0.1, -0.05) is 11.6 Å². The minimum Gasteiger partial charge on any atom is -0.493 e. The molecule has 1 aromatic heterocycles. The number of aryl methyl sites for hydroxylation is 3. The normalized spacial score (nSPS) is 11.0. The summed E-state index contributed by atoms with van der Waals surface area (Å²) in [5.41, 5.74) is 1.95. The molecule has 0 spiro atoms. The van der Waals surface area contributed by atoms with E-state index in [0.29, 0.717) is 25.0 Å². The topological polar surface area (TPSA) is 71.7 Å². The van der Waals surface area contributed by atoms with Gasteiger partial charge in [-0.2, -0.15) is 0 Å². The highest BCUT2D eigenvalue weighted by Crippen LogP contribution is 2.21. The molecular formula is C18H26ClIN4O2. The molecular weight excluding hydrogens is 467 g/mol. The maximum atomic E-state index is 5.94. The number of nitrogens with one attached hydrogen (secondary N) is 2. The molecule has 2 aromatic rings. The van der Waals surface area contributed by atoms with Crippen molar-refractivity contribution in [3.63, 3.8) is 0 Å². The molecule has 2 rings (SSSR count). The quantitative estimate of drug-likeness (QED) is 0.265. The van der Waals surface area contributed by atoms with Gasteiger partial charge in [-0.25, -0.2) is 4.98 Å². The second kappa shape index (κ2) is 11.3. The monoisotopic (exact) mass is 492 g/mol. The number of aromatic nitrogens is 1. The van der Waals surface area contributed by atoms with Crippen molar-refractivity contribution in [2.45, 2.75) is 33.7 Å². The second-order valence-electron chi connectivity index (χ2n) is 5.71. The molecule has 0 saturated carbocycles. The third-order valence-electron chi connectivity index (χ3n) is 3.71. The largest absolute Gasteiger partial charge is 0.493 e. The standard InChI is InChI=1S/C18H25ClN4O2.HI/c1-12-10-15(19)6-7-16(12)24-9-5-8-21-18(20-4)22-11-17-23-13(2)14(3)25-17;/h6-7,10H,5,8-9,11H2,1-4H3,(H2,20,21,22);1H. The third-order valence-corrected chi connectivity index (χ3v) is 3.95. The van der Waals surface area contributed by atoms with Crippen LogP contribution in [0.15, 0.2) is 27.6 Å². The summed E-state index contributed by atoms with van der Waals surface area (Å²) in [7, 11) is 1.73. The van der Waals surface area contributed by atoms with Crippen LogP contribution in [-0.4, -0.2) is 31.1 Å². The van der Waals surface area contributed by atoms with Crippen molar-refractivity contribution < 1.29 is 9.15 Å². The number of aliphatic imine (C=N–C) groups is 1. The molecule has 1 aromatic carbocycles. The molecule has 0 aliphatic carbocycles. The lowest BCUT2D eigenvalue weighted by Crippen LogP contribution is -2.37. The van der Waals surface area contributed by atoms with Crippen LogP contribution in [0, 0.1) is 20.8 Å². The van der Waals surface area contributed by atoms with Gasteiger partial charge in [-0.05, 0) is 51.0 Å². The van der Waals surface area contributed by atoms with Crippen LogP contribution in [0.1, 0.15) is 29.3 Å². The maximum Gasteiger partial charge on any atom is 0.214 e. The Balaban J connectivity index is 0.00000338. The minimum atomic E-state index is 0. The average molecular weight is 493 g/mol. The smallest absolute Gasteiger partial charge is 0.214 e. The predicted molar refractivity (Wildman–Crippen MR) is 116 cm³/mol. The molecule has 26 heavy (non-hydrogen) atoms. The Bertz CT molecular complexity index is 714. The van der Waals surface area contributed by atoms with Gasteiger partial charge in [0.15, 0.2) is 5.96 Å². The number of hydrogen-bond donors (Lipinski definition) is 2. The molecule has 0 amide bonds. The van der Waals surface area contributed by atoms with Gasteiger partial charge >= 0.3 is 0 Å². The van der Waals surface area contributed by atoms with Crippen LogP contribution in [0.2, 0.25) is 5.02 Å². The molecule has 0 fully saturated rings. The van der Waals surface area contributed by atoms with E-state index in [1.54, 1.807) is 7.05 Å². The molecule has 0 unspecified atom stereocenters. The fraction of sp³-hybridized carbons (Fsp3) is 0.444. The van der Waals surface area contributed by atoms with Crippen molar-refractivity contribution in [2.75, 3.05) is 20.2 Å². The van der Waals surface area contributed by atoms with Crippen LogP contribution in [0.3, 0.4) is 0 Å². The van der Waals surface area contributed by atoms with E-state index in [-0.39, 0.29) is 24.0 Å². The molecule has 1 heterocycles. The average Bonchev–Trinajstić information content (AvgIpc) is 2.90. The highest BCUT2D eigenvalue weighted by molar-refractivity contribution is 14.0. The summed E-state index contributed by atoms with van der Waals surface area (Å²) in [6.45, 7) is 7.67. The molecule has 0 radical (unpaired) electrons. The van der Waals surface area contributed by atoms with E-state index in [9.17, 15) is 0 Å². The summed E-state index contributed by atoms with van der Waals surface area (Å²) < 4.78 is 11.3. The zero-order valence-corrected chi connectivity index (χ0v) is 18.6. The predicted octanol–water partition coefficient (Wildman–Crippen LogP) is 4.01. The van der Waals surface area contributed by atoms with Crippen molar-refractivity contribution in [2.24, 2.45) is 4.99 Å². The van der Waals surface area contributed by atoms with E-state index in [1.807, 2.05) is 39.0 Å². The molecule has 0 saturated heterocycles. The van der Waals surface area contributed by atoms with E-state index >= 15 is 0 Å². The summed E-state index contributed by atoms with van der Waals surface area (Å²) in [6, 6.07) is 5.62. The number of nitrogens with zero attached hydrogens (tertiary/aromatic N) is 2. The Morgan fingerprint density at radius 3 is 2.65 bits per heavy atom. The van der Waals surface area contributed by atoms with Crippen LogP contribution in [0.5, 0.6) is 5.75 Å². The van der Waals surface area contributed by atoms with Gasteiger partial charge in [0, 0.05) is 18.6 Å². The summed E-state index contributed by atoms with van der Waals surface area (Å²) in [5.74, 6) is 3.06. The van der Waals surface area contributed by atoms with E-state index in [1.165, 1.54) is 0 Å². The lowest BCUT2D eigenvalue weighted by molar-refractivity contribution is 0.309. The first kappa shape index (κ1) is 22.6. The number of guanidine groups is 1. The second-order valence-corrected chi connectivity index (χ2v) is 6.15. The SMILES string of the molecule is CN=C(NCCCOc1ccc(Cl)cc1C)NCc1nc(C)c(C)o1.I. The van der Waals surface area contributed by atoms with Crippen molar-refractivity contribution in [3.8, 4) is 5.75 Å². The van der Waals surface area contributed by atoms with Crippen molar-refractivity contribution in [3.05, 3.63) is 46.1 Å². The highest BCUT2D eigenvalue weighted by Gasteiger charge is 2.06. The van der Waals surface area contributed by atoms with Crippen molar-refractivity contribution in [1.82, 2.24) is 15.6 Å². The Labute approximate surface area is 176 Å². The van der Waals surface area contributed by atoms with Crippen molar-refractivity contribution >= 4 is 41.5 Å². The summed E-state index contributed by atoms with van der Waals surface area (Å²) >= 11 is 5.94. The van der Waals surface area contributed by atoms with Gasteiger partial charge in [-0.15, -0.1) is 24.0 Å². The van der Waals surface area contributed by atoms with Gasteiger partial charge in [0.1, 0.15) is 11.5 Å². The number of halogens is 2. The number of benzene rings is 1. The van der Waals surface area contributed by atoms with Gasteiger partial charge < -0.3 is 19.8 Å². The van der Waals surface area contributed by atoms with Crippen LogP contribution in [0.4, 0.5) is 0 Å². The van der Waals surface area contributed by atoms with Crippen LogP contribution < -0.4 is 15.4 Å². The van der Waals surface area contributed by atoms with Crippen LogP contribution >= 0.6 is 35.6 Å². The van der Waals surface area contributed by atoms with E-state index in [2.05, 4.69) is 20.6 Å². The number of hydrogen-bond acceptors (Lipinski definition) is 4. The van der Waals surface area contributed by atoms with Gasteiger partial charge in [0.05, 0.1) is 18.8 Å². The summed E-state index contributed by atoms with van der Waals surface area (Å²) in [4.78, 5) is 8.51. The Morgan fingerprint density at radius 1 is 1.27 bits per heavy atom. The number of rotatable bonds is 7. The molecule has 0 aliphatic rings. The summed E-state index contributed by atoms with van der Waals surface area (Å²) in [5, 5.41) is 7.14. The first-order valence-electron chi connectivity index (χ1n) is 8.26. The Morgan fingerprint density at radius 2 is 2.04 bits per heavy atom. The zero-order valence-electron chi connectivity index (χ0n) is 15.6. The summed E-state index contributed by atoms with van der Waals surface area (Å²) in [6.07, 6.45) is 0.847. The highest BCUT2D eigenvalue weighted by atomic mass is 127. The van der Waals surface area contributed by atoms with E-state index < -0.39 is 0 Å². The van der Waals surface area contributed by atoms with Gasteiger partial charge in [0.2, 0.25) is 5.89 Å². The zero-order chi connectivity index (χ0) is 18.2. The molecule has 0 atom stereocenters. The van der Waals surface area contributed by atoms with Crippen LogP contribution in [-0.2, 0) is 6.54 Å². The van der Waals surface area contributed by atoms with Gasteiger partial charge in [0.25, 0.3) is 0 Å². The Hall–Kier alpha value is -1.48. The first-order valence-corrected chi connectivity index (χ1v) is 8.63. The fourth-order valence-corrected chi connectivity index (χ4v) is 2.46. The molecule has 0 aliphatic heterocycles. The molecule has 0 bridgehead atoms. The Kier molecular flexibility index (Phi) is 9.79. The van der Waals surface area contributed by atoms with Crippen LogP contribution in [0.25, 0.3) is 0 Å². The lowest BCUT2D eigenvalue weighted by Gasteiger charge is -2.12. The molecule has 8 heteroatoms. The first-order chi connectivity index (χ1) is 12.0. The van der Waals surface area contributed by atoms with E-state index in [0.717, 1.165) is 40.8 Å². The molecule has 2 N–H and O–H groups in total. The maximum absolute atomic E-state index is 5.94. The fourth-order valence-electron chi connectivity index (χ4n) is 2.23. The lowest BCUT2D eigenvalue weighted by atomic mass is 10.2. The van der Waals surface area contributed by atoms with E-state index in [4.69, 9.17) is 20.8 Å². The minimum absolute atomic E-state index is 0. The molecule has 144 valence electrons. The third kappa shape index (κ3) is 7.03. The number of ether oxygens (including phenoxy) is 1. The van der Waals surface area contributed by atoms with Crippen molar-refractivity contribution in [1.29, 1.82) is 0 Å². The number of oxazole rings is 1.